The van der Waals surface area contributed by atoms with Crippen LogP contribution in [0.1, 0.15) is 37.4 Å². The molecule has 1 aliphatic rings. The van der Waals surface area contributed by atoms with Crippen LogP contribution >= 0.6 is 11.3 Å². The lowest BCUT2D eigenvalue weighted by molar-refractivity contribution is 0.582. The van der Waals surface area contributed by atoms with E-state index in [9.17, 15) is 0 Å². The molecule has 0 saturated heterocycles. The fraction of sp³-hybridized carbons (Fsp3) is 0.533. The van der Waals surface area contributed by atoms with Crippen LogP contribution in [0.15, 0.2) is 16.8 Å². The Morgan fingerprint density at radius 1 is 1.50 bits per heavy atom. The van der Waals surface area contributed by atoms with E-state index in [2.05, 4.69) is 38.4 Å². The molecule has 0 spiro atoms. The minimum atomic E-state index is 0.629. The predicted molar refractivity (Wildman–Crippen MR) is 85.2 cm³/mol. The van der Waals surface area contributed by atoms with Crippen molar-refractivity contribution < 1.29 is 0 Å². The summed E-state index contributed by atoms with van der Waals surface area (Å²) in [6.45, 7) is 6.05. The van der Waals surface area contributed by atoms with Crippen molar-refractivity contribution >= 4 is 22.8 Å². The molecule has 3 rings (SSSR count). The maximum atomic E-state index is 6.31. The van der Waals surface area contributed by atoms with Crippen molar-refractivity contribution in [3.05, 3.63) is 28.1 Å². The van der Waals surface area contributed by atoms with Crippen LogP contribution in [0, 0.1) is 6.92 Å². The molecule has 4 nitrogen and oxygen atoms in total. The van der Waals surface area contributed by atoms with Gasteiger partial charge in [0, 0.05) is 19.1 Å². The van der Waals surface area contributed by atoms with E-state index in [0.717, 1.165) is 36.7 Å². The summed E-state index contributed by atoms with van der Waals surface area (Å²) in [6.07, 6.45) is 3.60. The average molecular weight is 290 g/mol. The lowest BCUT2D eigenvalue weighted by atomic mass is 10.2. The molecule has 20 heavy (non-hydrogen) atoms. The molecule has 0 bridgehead atoms. The van der Waals surface area contributed by atoms with Gasteiger partial charge < -0.3 is 10.6 Å². The summed E-state index contributed by atoms with van der Waals surface area (Å²) in [5.41, 5.74) is 9.47. The van der Waals surface area contributed by atoms with Gasteiger partial charge in [-0.2, -0.15) is 16.4 Å². The highest BCUT2D eigenvalue weighted by Crippen LogP contribution is 2.37. The summed E-state index contributed by atoms with van der Waals surface area (Å²) in [6, 6.07) is 2.83. The van der Waals surface area contributed by atoms with Gasteiger partial charge in [0.25, 0.3) is 0 Å². The van der Waals surface area contributed by atoms with E-state index in [1.807, 2.05) is 6.92 Å². The van der Waals surface area contributed by atoms with Crippen LogP contribution in [0.5, 0.6) is 0 Å². The number of rotatable bonds is 6. The van der Waals surface area contributed by atoms with Gasteiger partial charge in [0.1, 0.15) is 0 Å². The second kappa shape index (κ2) is 5.48. The Balaban J connectivity index is 1.94. The van der Waals surface area contributed by atoms with Crippen molar-refractivity contribution in [2.24, 2.45) is 0 Å². The fourth-order valence-corrected chi connectivity index (χ4v) is 3.26. The summed E-state index contributed by atoms with van der Waals surface area (Å²) in [7, 11) is 0. The van der Waals surface area contributed by atoms with Crippen molar-refractivity contribution in [2.75, 3.05) is 10.6 Å². The molecular weight excluding hydrogens is 268 g/mol. The van der Waals surface area contributed by atoms with E-state index in [-0.39, 0.29) is 0 Å². The standard InChI is InChI=1S/C15H22N4S/c1-3-7-19-15(14(16)11(2)17-19)18(13-4-5-13)9-12-6-8-20-10-12/h6,8,10,13H,3-5,7,9,16H2,1-2H3. The van der Waals surface area contributed by atoms with Gasteiger partial charge in [-0.05, 0) is 48.6 Å². The van der Waals surface area contributed by atoms with Crippen LogP contribution in [-0.4, -0.2) is 15.8 Å². The topological polar surface area (TPSA) is 47.1 Å². The number of aromatic nitrogens is 2. The molecule has 0 atom stereocenters. The Morgan fingerprint density at radius 3 is 2.90 bits per heavy atom. The zero-order valence-electron chi connectivity index (χ0n) is 12.2. The SMILES string of the molecule is CCCn1nc(C)c(N)c1N(Cc1ccsc1)C1CC1. The molecule has 0 aliphatic heterocycles. The Morgan fingerprint density at radius 2 is 2.30 bits per heavy atom. The van der Waals surface area contributed by atoms with Gasteiger partial charge in [-0.3, -0.25) is 0 Å². The molecule has 1 saturated carbocycles. The van der Waals surface area contributed by atoms with Crippen LogP contribution in [-0.2, 0) is 13.1 Å². The first-order valence-electron chi connectivity index (χ1n) is 7.31. The minimum Gasteiger partial charge on any atom is -0.394 e. The summed E-state index contributed by atoms with van der Waals surface area (Å²) < 4.78 is 2.09. The van der Waals surface area contributed by atoms with E-state index in [1.54, 1.807) is 11.3 Å². The third-order valence-corrected chi connectivity index (χ3v) is 4.51. The first-order valence-corrected chi connectivity index (χ1v) is 8.25. The Bertz CT molecular complexity index is 569. The minimum absolute atomic E-state index is 0.629. The lowest BCUT2D eigenvalue weighted by Gasteiger charge is -2.25. The Labute approximate surface area is 124 Å². The highest BCUT2D eigenvalue weighted by Gasteiger charge is 2.33. The second-order valence-electron chi connectivity index (χ2n) is 5.54. The van der Waals surface area contributed by atoms with Crippen molar-refractivity contribution in [1.82, 2.24) is 9.78 Å². The van der Waals surface area contributed by atoms with Crippen LogP contribution in [0.25, 0.3) is 0 Å². The Kier molecular flexibility index (Phi) is 3.70. The molecule has 0 aromatic carbocycles. The molecule has 2 N–H and O–H groups in total. The van der Waals surface area contributed by atoms with E-state index in [0.29, 0.717) is 6.04 Å². The van der Waals surface area contributed by atoms with Gasteiger partial charge >= 0.3 is 0 Å². The molecule has 0 amide bonds. The first kappa shape index (κ1) is 13.5. The number of hydrogen-bond donors (Lipinski definition) is 1. The highest BCUT2D eigenvalue weighted by molar-refractivity contribution is 7.07. The normalized spacial score (nSPS) is 14.7. The molecule has 0 radical (unpaired) electrons. The van der Waals surface area contributed by atoms with Gasteiger partial charge in [0.05, 0.1) is 11.4 Å². The van der Waals surface area contributed by atoms with Crippen molar-refractivity contribution in [1.29, 1.82) is 0 Å². The zero-order chi connectivity index (χ0) is 14.1. The van der Waals surface area contributed by atoms with Crippen LogP contribution in [0.2, 0.25) is 0 Å². The summed E-state index contributed by atoms with van der Waals surface area (Å²) in [5.74, 6) is 1.12. The molecular formula is C15H22N4S. The second-order valence-corrected chi connectivity index (χ2v) is 6.32. The predicted octanol–water partition coefficient (Wildman–Crippen LogP) is 3.41. The zero-order valence-corrected chi connectivity index (χ0v) is 13.0. The maximum Gasteiger partial charge on any atom is 0.151 e. The van der Waals surface area contributed by atoms with Crippen molar-refractivity contribution in [2.45, 2.75) is 52.2 Å². The fourth-order valence-electron chi connectivity index (χ4n) is 2.60. The average Bonchev–Trinajstić information content (AvgIpc) is 3.08. The maximum absolute atomic E-state index is 6.31. The molecule has 2 aromatic rings. The number of anilines is 2. The number of nitrogens with two attached hydrogens (primary N) is 1. The summed E-state index contributed by atoms with van der Waals surface area (Å²) >= 11 is 1.75. The van der Waals surface area contributed by atoms with Crippen LogP contribution in [0.4, 0.5) is 11.5 Å². The molecule has 2 aromatic heterocycles. The number of aryl methyl sites for hydroxylation is 2. The van der Waals surface area contributed by atoms with Crippen molar-refractivity contribution in [3.63, 3.8) is 0 Å². The van der Waals surface area contributed by atoms with Gasteiger partial charge in [-0.25, -0.2) is 4.68 Å². The monoisotopic (exact) mass is 290 g/mol. The van der Waals surface area contributed by atoms with Gasteiger partial charge in [0.2, 0.25) is 0 Å². The van der Waals surface area contributed by atoms with Gasteiger partial charge in [-0.1, -0.05) is 6.92 Å². The van der Waals surface area contributed by atoms with Gasteiger partial charge in [-0.15, -0.1) is 0 Å². The number of hydrogen-bond acceptors (Lipinski definition) is 4. The smallest absolute Gasteiger partial charge is 0.151 e. The third kappa shape index (κ3) is 2.54. The third-order valence-electron chi connectivity index (χ3n) is 3.77. The van der Waals surface area contributed by atoms with E-state index < -0.39 is 0 Å². The molecule has 108 valence electrons. The number of nitrogen functional groups attached to an aromatic ring is 1. The largest absolute Gasteiger partial charge is 0.394 e. The number of nitrogens with zero attached hydrogens (tertiary/aromatic N) is 3. The highest BCUT2D eigenvalue weighted by atomic mass is 32.1. The summed E-state index contributed by atoms with van der Waals surface area (Å²) in [4.78, 5) is 2.45. The van der Waals surface area contributed by atoms with E-state index in [1.165, 1.54) is 18.4 Å². The quantitative estimate of drug-likeness (QED) is 0.887. The van der Waals surface area contributed by atoms with E-state index >= 15 is 0 Å². The van der Waals surface area contributed by atoms with Crippen molar-refractivity contribution in [3.8, 4) is 0 Å². The molecule has 5 heteroatoms. The molecule has 1 aliphatic carbocycles. The molecule has 2 heterocycles. The lowest BCUT2D eigenvalue weighted by Crippen LogP contribution is -2.28. The van der Waals surface area contributed by atoms with Crippen LogP contribution in [0.3, 0.4) is 0 Å². The first-order chi connectivity index (χ1) is 9.70. The molecule has 0 unspecified atom stereocenters. The van der Waals surface area contributed by atoms with E-state index in [4.69, 9.17) is 5.73 Å². The Hall–Kier alpha value is -1.49. The van der Waals surface area contributed by atoms with Crippen LogP contribution < -0.4 is 10.6 Å². The van der Waals surface area contributed by atoms with Gasteiger partial charge in [0.15, 0.2) is 5.82 Å². The number of thiophene rings is 1. The molecule has 1 fully saturated rings. The summed E-state index contributed by atoms with van der Waals surface area (Å²) in [5, 5.41) is 8.97.